The molecule has 3 unspecified atom stereocenters. The van der Waals surface area contributed by atoms with Crippen molar-refractivity contribution in [2.24, 2.45) is 22.9 Å². The Morgan fingerprint density at radius 2 is 2.14 bits per heavy atom. The quantitative estimate of drug-likeness (QED) is 0.686. The van der Waals surface area contributed by atoms with E-state index in [2.05, 4.69) is 10.5 Å². The molecule has 2 aliphatic carbocycles. The molecule has 1 N–H and O–H groups in total. The Morgan fingerprint density at radius 1 is 1.24 bits per heavy atom. The summed E-state index contributed by atoms with van der Waals surface area (Å²) in [7, 11) is 0. The van der Waals surface area contributed by atoms with Crippen LogP contribution < -0.4 is 14.9 Å². The lowest BCUT2D eigenvalue weighted by molar-refractivity contribution is 0.0954. The molecule has 3 atom stereocenters. The Bertz CT molecular complexity index is 599. The first-order valence-corrected chi connectivity index (χ1v) is 7.53. The van der Waals surface area contributed by atoms with E-state index < -0.39 is 0 Å². The lowest BCUT2D eigenvalue weighted by atomic mass is 9.90. The van der Waals surface area contributed by atoms with Gasteiger partial charge < -0.3 is 9.47 Å². The molecule has 0 spiro atoms. The van der Waals surface area contributed by atoms with Crippen LogP contribution in [-0.2, 0) is 0 Å². The van der Waals surface area contributed by atoms with Crippen LogP contribution in [0.2, 0.25) is 0 Å². The molecule has 2 fully saturated rings. The number of rotatable bonds is 3. The molecule has 1 amide bonds. The van der Waals surface area contributed by atoms with E-state index in [9.17, 15) is 4.79 Å². The van der Waals surface area contributed by atoms with E-state index in [0.29, 0.717) is 23.0 Å². The average molecular weight is 286 g/mol. The van der Waals surface area contributed by atoms with Gasteiger partial charge >= 0.3 is 0 Å². The smallest absolute Gasteiger partial charge is 0.271 e. The van der Waals surface area contributed by atoms with Crippen LogP contribution in [0.15, 0.2) is 23.3 Å². The third kappa shape index (κ3) is 2.37. The van der Waals surface area contributed by atoms with Crippen LogP contribution in [-0.4, -0.2) is 18.9 Å². The van der Waals surface area contributed by atoms with Crippen LogP contribution in [0.3, 0.4) is 0 Å². The van der Waals surface area contributed by atoms with Crippen LogP contribution in [0, 0.1) is 17.8 Å². The number of carbonyl (C=O) groups excluding carboxylic acids is 1. The Kier molecular flexibility index (Phi) is 3.05. The lowest BCUT2D eigenvalue weighted by Crippen LogP contribution is -2.20. The highest BCUT2D eigenvalue weighted by Gasteiger charge is 2.38. The second-order valence-electron chi connectivity index (χ2n) is 6.13. The molecule has 1 heterocycles. The summed E-state index contributed by atoms with van der Waals surface area (Å²) in [5.74, 6) is 3.28. The molecule has 4 rings (SSSR count). The van der Waals surface area contributed by atoms with Gasteiger partial charge in [0.1, 0.15) is 0 Å². The molecule has 5 heteroatoms. The standard InChI is InChI=1S/C16H18N2O3/c19-16(12-3-4-14-15(7-12)21-9-20-14)18-17-8-13-6-10-1-2-11(13)5-10/h3-4,7-8,10-11,13H,1-2,5-6,9H2,(H,18,19). The summed E-state index contributed by atoms with van der Waals surface area (Å²) >= 11 is 0. The molecule has 0 radical (unpaired) electrons. The minimum atomic E-state index is -0.215. The summed E-state index contributed by atoms with van der Waals surface area (Å²) in [6, 6.07) is 5.15. The van der Waals surface area contributed by atoms with E-state index in [1.165, 1.54) is 25.7 Å². The molecule has 5 nitrogen and oxygen atoms in total. The highest BCUT2D eigenvalue weighted by atomic mass is 16.7. The maximum atomic E-state index is 12.1. The topological polar surface area (TPSA) is 59.9 Å². The van der Waals surface area contributed by atoms with Crippen molar-refractivity contribution >= 4 is 12.1 Å². The summed E-state index contributed by atoms with van der Waals surface area (Å²) in [5, 5.41) is 4.15. The van der Waals surface area contributed by atoms with Gasteiger partial charge in [-0.25, -0.2) is 5.43 Å². The molecule has 1 aromatic carbocycles. The summed E-state index contributed by atoms with van der Waals surface area (Å²) in [5.41, 5.74) is 3.14. The molecule has 0 aromatic heterocycles. The van der Waals surface area contributed by atoms with Gasteiger partial charge in [-0.15, -0.1) is 0 Å². The monoisotopic (exact) mass is 286 g/mol. The second-order valence-corrected chi connectivity index (χ2v) is 6.13. The predicted molar refractivity (Wildman–Crippen MR) is 77.5 cm³/mol. The first-order valence-electron chi connectivity index (χ1n) is 7.53. The third-order valence-corrected chi connectivity index (χ3v) is 4.86. The highest BCUT2D eigenvalue weighted by Crippen LogP contribution is 2.47. The molecule has 110 valence electrons. The molecule has 21 heavy (non-hydrogen) atoms. The van der Waals surface area contributed by atoms with E-state index in [-0.39, 0.29) is 12.7 Å². The van der Waals surface area contributed by atoms with E-state index in [1.807, 2.05) is 6.21 Å². The summed E-state index contributed by atoms with van der Waals surface area (Å²) in [6.45, 7) is 0.211. The molecule has 1 aliphatic heterocycles. The van der Waals surface area contributed by atoms with Gasteiger partial charge in [-0.2, -0.15) is 5.10 Å². The number of hydrogen-bond acceptors (Lipinski definition) is 4. The van der Waals surface area contributed by atoms with Gasteiger partial charge in [-0.1, -0.05) is 6.42 Å². The average Bonchev–Trinajstić information content (AvgIpc) is 3.22. The van der Waals surface area contributed by atoms with E-state index in [0.717, 1.165) is 11.8 Å². The molecule has 0 saturated heterocycles. The fourth-order valence-electron chi connectivity index (χ4n) is 3.77. The van der Waals surface area contributed by atoms with Crippen molar-refractivity contribution in [1.82, 2.24) is 5.43 Å². The summed E-state index contributed by atoms with van der Waals surface area (Å²) in [6.07, 6.45) is 7.19. The van der Waals surface area contributed by atoms with Gasteiger partial charge in [0.2, 0.25) is 6.79 Å². The fourth-order valence-corrected chi connectivity index (χ4v) is 3.77. The predicted octanol–water partition coefficient (Wildman–Crippen LogP) is 2.57. The molecular formula is C16H18N2O3. The number of hydrogen-bond donors (Lipinski definition) is 1. The number of nitrogens with one attached hydrogen (secondary N) is 1. The summed E-state index contributed by atoms with van der Waals surface area (Å²) < 4.78 is 10.5. The van der Waals surface area contributed by atoms with Gasteiger partial charge in [0, 0.05) is 11.8 Å². The van der Waals surface area contributed by atoms with Crippen molar-refractivity contribution in [3.8, 4) is 11.5 Å². The highest BCUT2D eigenvalue weighted by molar-refractivity contribution is 5.95. The minimum absolute atomic E-state index is 0.211. The number of ether oxygens (including phenoxy) is 2. The number of hydrazone groups is 1. The third-order valence-electron chi connectivity index (χ3n) is 4.86. The molecule has 2 bridgehead atoms. The van der Waals surface area contributed by atoms with Crippen LogP contribution in [0.1, 0.15) is 36.0 Å². The first kappa shape index (κ1) is 12.7. The Balaban J connectivity index is 1.37. The van der Waals surface area contributed by atoms with Crippen LogP contribution >= 0.6 is 0 Å². The van der Waals surface area contributed by atoms with Crippen molar-refractivity contribution in [1.29, 1.82) is 0 Å². The fraction of sp³-hybridized carbons (Fsp3) is 0.500. The van der Waals surface area contributed by atoms with Gasteiger partial charge in [-0.05, 0) is 55.2 Å². The van der Waals surface area contributed by atoms with Gasteiger partial charge in [0.05, 0.1) is 0 Å². The Hall–Kier alpha value is -2.04. The zero-order valence-electron chi connectivity index (χ0n) is 11.7. The SMILES string of the molecule is O=C(NN=CC1CC2CCC1C2)c1ccc2c(c1)OCO2. The largest absolute Gasteiger partial charge is 0.454 e. The minimum Gasteiger partial charge on any atom is -0.454 e. The van der Waals surface area contributed by atoms with Crippen molar-refractivity contribution in [3.05, 3.63) is 23.8 Å². The van der Waals surface area contributed by atoms with Crippen molar-refractivity contribution in [2.45, 2.75) is 25.7 Å². The Labute approximate surface area is 123 Å². The summed E-state index contributed by atoms with van der Waals surface area (Å²) in [4.78, 5) is 12.1. The number of benzene rings is 1. The zero-order valence-corrected chi connectivity index (χ0v) is 11.7. The van der Waals surface area contributed by atoms with Gasteiger partial charge in [0.15, 0.2) is 11.5 Å². The number of carbonyl (C=O) groups is 1. The van der Waals surface area contributed by atoms with E-state index in [1.54, 1.807) is 18.2 Å². The maximum Gasteiger partial charge on any atom is 0.271 e. The van der Waals surface area contributed by atoms with Gasteiger partial charge in [-0.3, -0.25) is 4.79 Å². The zero-order chi connectivity index (χ0) is 14.2. The van der Waals surface area contributed by atoms with Crippen molar-refractivity contribution in [2.75, 3.05) is 6.79 Å². The number of amides is 1. The Morgan fingerprint density at radius 3 is 2.95 bits per heavy atom. The molecule has 1 aromatic rings. The van der Waals surface area contributed by atoms with Crippen LogP contribution in [0.4, 0.5) is 0 Å². The van der Waals surface area contributed by atoms with Crippen LogP contribution in [0.5, 0.6) is 11.5 Å². The molecular weight excluding hydrogens is 268 g/mol. The molecule has 2 saturated carbocycles. The number of fused-ring (bicyclic) bond motifs is 3. The normalized spacial score (nSPS) is 29.2. The lowest BCUT2D eigenvalue weighted by Gasteiger charge is -2.16. The van der Waals surface area contributed by atoms with Gasteiger partial charge in [0.25, 0.3) is 5.91 Å². The van der Waals surface area contributed by atoms with E-state index >= 15 is 0 Å². The number of nitrogens with zero attached hydrogens (tertiary/aromatic N) is 1. The second kappa shape index (κ2) is 5.06. The first-order chi connectivity index (χ1) is 10.3. The van der Waals surface area contributed by atoms with Crippen molar-refractivity contribution in [3.63, 3.8) is 0 Å². The molecule has 3 aliphatic rings. The van der Waals surface area contributed by atoms with Crippen molar-refractivity contribution < 1.29 is 14.3 Å². The van der Waals surface area contributed by atoms with Crippen LogP contribution in [0.25, 0.3) is 0 Å². The van der Waals surface area contributed by atoms with E-state index in [4.69, 9.17) is 9.47 Å². The maximum absolute atomic E-state index is 12.1.